The number of benzene rings is 1. The van der Waals surface area contributed by atoms with Crippen molar-refractivity contribution in [1.82, 2.24) is 0 Å². The second-order valence-corrected chi connectivity index (χ2v) is 7.50. The van der Waals surface area contributed by atoms with Crippen LogP contribution in [-0.4, -0.2) is 11.3 Å². The number of hydrogen-bond donors (Lipinski definition) is 0. The first-order valence-electron chi connectivity index (χ1n) is 5.69. The molecule has 0 aromatic heterocycles. The lowest BCUT2D eigenvalue weighted by molar-refractivity contribution is 1.38. The highest BCUT2D eigenvalue weighted by molar-refractivity contribution is 7.67. The summed E-state index contributed by atoms with van der Waals surface area (Å²) in [4.78, 5) is 0. The number of rotatable bonds is 3. The molecule has 0 bridgehead atoms. The third-order valence-electron chi connectivity index (χ3n) is 3.21. The van der Waals surface area contributed by atoms with Crippen molar-refractivity contribution in [3.8, 4) is 0 Å². The molecular formula is C13H17P. The second-order valence-electron chi connectivity index (χ2n) is 4.71. The highest BCUT2D eigenvalue weighted by Gasteiger charge is 2.41. The minimum Gasteiger partial charge on any atom is -0.0690 e. The largest absolute Gasteiger partial charge is 0.0690 e. The average Bonchev–Trinajstić information content (AvgIpc) is 3.00. The van der Waals surface area contributed by atoms with Gasteiger partial charge >= 0.3 is 0 Å². The number of aryl methyl sites for hydroxylation is 1. The molecule has 0 spiro atoms. The van der Waals surface area contributed by atoms with Gasteiger partial charge < -0.3 is 0 Å². The molecule has 0 aliphatic heterocycles. The summed E-state index contributed by atoms with van der Waals surface area (Å²) in [7, 11) is 0.236. The molecule has 3 rings (SSSR count). The summed E-state index contributed by atoms with van der Waals surface area (Å²) >= 11 is 0. The molecule has 1 aromatic rings. The van der Waals surface area contributed by atoms with Gasteiger partial charge in [-0.15, -0.1) is 0 Å². The molecule has 2 aliphatic rings. The summed E-state index contributed by atoms with van der Waals surface area (Å²) in [6.45, 7) is 2.18. The van der Waals surface area contributed by atoms with Gasteiger partial charge in [-0.25, -0.2) is 0 Å². The topological polar surface area (TPSA) is 0 Å². The van der Waals surface area contributed by atoms with Crippen LogP contribution in [0.2, 0.25) is 0 Å². The van der Waals surface area contributed by atoms with E-state index < -0.39 is 0 Å². The molecule has 14 heavy (non-hydrogen) atoms. The van der Waals surface area contributed by atoms with Crippen LogP contribution in [0.5, 0.6) is 0 Å². The summed E-state index contributed by atoms with van der Waals surface area (Å²) in [5.41, 5.74) is 3.59. The van der Waals surface area contributed by atoms with Crippen LogP contribution < -0.4 is 5.30 Å². The summed E-state index contributed by atoms with van der Waals surface area (Å²) in [6, 6.07) is 9.35. The molecule has 0 amide bonds. The van der Waals surface area contributed by atoms with Gasteiger partial charge in [-0.2, -0.15) is 0 Å². The van der Waals surface area contributed by atoms with E-state index in [1.54, 1.807) is 5.30 Å². The van der Waals surface area contributed by atoms with E-state index in [0.29, 0.717) is 0 Å². The molecule has 1 heteroatoms. The molecule has 0 radical (unpaired) electrons. The van der Waals surface area contributed by atoms with Gasteiger partial charge in [0, 0.05) is 0 Å². The Labute approximate surface area is 87.5 Å². The van der Waals surface area contributed by atoms with Crippen molar-refractivity contribution in [2.24, 2.45) is 0 Å². The highest BCUT2D eigenvalue weighted by atomic mass is 31.1. The summed E-state index contributed by atoms with van der Waals surface area (Å²) in [5.74, 6) is 0. The molecule has 0 saturated heterocycles. The van der Waals surface area contributed by atoms with E-state index in [-0.39, 0.29) is 7.92 Å². The fourth-order valence-electron chi connectivity index (χ4n) is 2.14. The third kappa shape index (κ3) is 1.73. The van der Waals surface area contributed by atoms with Crippen molar-refractivity contribution in [2.45, 2.75) is 43.9 Å². The van der Waals surface area contributed by atoms with Gasteiger partial charge in [0.05, 0.1) is 0 Å². The Morgan fingerprint density at radius 2 is 1.43 bits per heavy atom. The Kier molecular flexibility index (Phi) is 2.13. The highest BCUT2D eigenvalue weighted by Crippen LogP contribution is 2.62. The normalized spacial score (nSPS) is 21.6. The molecule has 2 aliphatic carbocycles. The van der Waals surface area contributed by atoms with E-state index >= 15 is 0 Å². The van der Waals surface area contributed by atoms with Crippen LogP contribution in [0.15, 0.2) is 24.3 Å². The maximum atomic E-state index is 2.39. The first kappa shape index (κ1) is 8.92. The predicted octanol–water partition coefficient (Wildman–Crippen LogP) is 3.43. The minimum atomic E-state index is 0.236. The lowest BCUT2D eigenvalue weighted by atomic mass is 10.2. The van der Waals surface area contributed by atoms with E-state index in [1.165, 1.54) is 31.2 Å². The van der Waals surface area contributed by atoms with Crippen molar-refractivity contribution in [2.75, 3.05) is 0 Å². The van der Waals surface area contributed by atoms with Gasteiger partial charge in [0.15, 0.2) is 0 Å². The van der Waals surface area contributed by atoms with Crippen molar-refractivity contribution in [3.63, 3.8) is 0 Å². The first-order chi connectivity index (χ1) is 6.84. The van der Waals surface area contributed by atoms with E-state index in [2.05, 4.69) is 31.2 Å². The first-order valence-corrected chi connectivity index (χ1v) is 7.17. The van der Waals surface area contributed by atoms with Crippen LogP contribution in [0, 0.1) is 6.92 Å². The number of hydrogen-bond acceptors (Lipinski definition) is 0. The van der Waals surface area contributed by atoms with Crippen molar-refractivity contribution in [1.29, 1.82) is 0 Å². The zero-order valence-electron chi connectivity index (χ0n) is 8.74. The van der Waals surface area contributed by atoms with Gasteiger partial charge in [-0.05, 0) is 49.2 Å². The Morgan fingerprint density at radius 1 is 0.929 bits per heavy atom. The van der Waals surface area contributed by atoms with Crippen LogP contribution in [-0.2, 0) is 0 Å². The summed E-state index contributed by atoms with van der Waals surface area (Å²) in [5, 5.41) is 1.68. The van der Waals surface area contributed by atoms with Crippen molar-refractivity contribution in [3.05, 3.63) is 29.8 Å². The maximum Gasteiger partial charge on any atom is -0.0166 e. The van der Waals surface area contributed by atoms with E-state index in [4.69, 9.17) is 0 Å². The zero-order chi connectivity index (χ0) is 9.54. The molecule has 0 heterocycles. The summed E-state index contributed by atoms with van der Waals surface area (Å²) < 4.78 is 0. The Bertz CT molecular complexity index is 308. The van der Waals surface area contributed by atoms with Crippen molar-refractivity contribution >= 4 is 13.2 Å². The molecule has 0 atom stereocenters. The Hall–Kier alpha value is -0.350. The van der Waals surface area contributed by atoms with Gasteiger partial charge in [0.25, 0.3) is 0 Å². The summed E-state index contributed by atoms with van der Waals surface area (Å²) in [6.07, 6.45) is 6.04. The van der Waals surface area contributed by atoms with Gasteiger partial charge in [-0.1, -0.05) is 37.8 Å². The Morgan fingerprint density at radius 3 is 1.86 bits per heavy atom. The maximum absolute atomic E-state index is 2.39. The van der Waals surface area contributed by atoms with Gasteiger partial charge in [0.2, 0.25) is 0 Å². The zero-order valence-corrected chi connectivity index (χ0v) is 9.63. The van der Waals surface area contributed by atoms with Gasteiger partial charge in [0.1, 0.15) is 0 Å². The van der Waals surface area contributed by atoms with E-state index in [1.807, 2.05) is 0 Å². The molecule has 74 valence electrons. The fraction of sp³-hybridized carbons (Fsp3) is 0.538. The van der Waals surface area contributed by atoms with E-state index in [0.717, 1.165) is 11.3 Å². The van der Waals surface area contributed by atoms with Crippen molar-refractivity contribution < 1.29 is 0 Å². The van der Waals surface area contributed by atoms with Crippen LogP contribution in [0.4, 0.5) is 0 Å². The van der Waals surface area contributed by atoms with E-state index in [9.17, 15) is 0 Å². The Balaban J connectivity index is 1.86. The second kappa shape index (κ2) is 3.35. The molecule has 2 fully saturated rings. The average molecular weight is 204 g/mol. The van der Waals surface area contributed by atoms with Crippen LogP contribution in [0.1, 0.15) is 31.2 Å². The molecule has 0 N–H and O–H groups in total. The molecule has 1 aromatic carbocycles. The quantitative estimate of drug-likeness (QED) is 0.662. The SMILES string of the molecule is Cc1ccc(P(C2CC2)C2CC2)cc1. The standard InChI is InChI=1S/C13H17P/c1-10-2-4-11(5-3-10)14(12-6-7-12)13-8-9-13/h2-5,12-13H,6-9H2,1H3. The lowest BCUT2D eigenvalue weighted by Gasteiger charge is -2.16. The van der Waals surface area contributed by atoms with Gasteiger partial charge in [-0.3, -0.25) is 0 Å². The van der Waals surface area contributed by atoms with Crippen LogP contribution in [0.3, 0.4) is 0 Å². The van der Waals surface area contributed by atoms with Crippen LogP contribution >= 0.6 is 7.92 Å². The van der Waals surface area contributed by atoms with Crippen LogP contribution in [0.25, 0.3) is 0 Å². The molecular weight excluding hydrogens is 187 g/mol. The monoisotopic (exact) mass is 204 g/mol. The third-order valence-corrected chi connectivity index (χ3v) is 6.71. The smallest absolute Gasteiger partial charge is 0.0166 e. The predicted molar refractivity (Wildman–Crippen MR) is 63.8 cm³/mol. The molecule has 0 nitrogen and oxygen atoms in total. The molecule has 0 unspecified atom stereocenters. The minimum absolute atomic E-state index is 0.236. The fourth-order valence-corrected chi connectivity index (χ4v) is 5.49. The molecule has 2 saturated carbocycles. The lowest BCUT2D eigenvalue weighted by Crippen LogP contribution is -2.06.